The summed E-state index contributed by atoms with van der Waals surface area (Å²) in [7, 11) is 1.51. The predicted molar refractivity (Wildman–Crippen MR) is 102 cm³/mol. The topological polar surface area (TPSA) is 62.1 Å². The van der Waals surface area contributed by atoms with Gasteiger partial charge < -0.3 is 10.1 Å². The van der Waals surface area contributed by atoms with Crippen LogP contribution in [0, 0.1) is 11.3 Å². The Bertz CT molecular complexity index is 820. The Labute approximate surface area is 161 Å². The van der Waals surface area contributed by atoms with Gasteiger partial charge in [-0.15, -0.1) is 0 Å². The van der Waals surface area contributed by atoms with Crippen molar-refractivity contribution in [1.82, 2.24) is 0 Å². The van der Waals surface area contributed by atoms with Crippen molar-refractivity contribution in [3.63, 3.8) is 0 Å². The number of hydrogen-bond acceptors (Lipinski definition) is 3. The van der Waals surface area contributed by atoms with Crippen LogP contribution in [0.1, 0.15) is 5.56 Å². The molecule has 0 bridgehead atoms. The number of nitriles is 1. The first-order chi connectivity index (χ1) is 11.4. The number of halogens is 3. The van der Waals surface area contributed by atoms with E-state index < -0.39 is 5.91 Å². The van der Waals surface area contributed by atoms with Gasteiger partial charge in [-0.3, -0.25) is 4.79 Å². The zero-order valence-corrected chi connectivity index (χ0v) is 16.4. The van der Waals surface area contributed by atoms with Crippen molar-refractivity contribution in [2.45, 2.75) is 0 Å². The monoisotopic (exact) mass is 468 g/mol. The van der Waals surface area contributed by atoms with Crippen LogP contribution in [0.4, 0.5) is 5.69 Å². The summed E-state index contributed by atoms with van der Waals surface area (Å²) in [6, 6.07) is 12.3. The summed E-state index contributed by atoms with van der Waals surface area (Å²) in [5.74, 6) is -0.00507. The number of carbonyl (C=O) groups is 1. The Hall–Kier alpha value is -1.81. The number of carbonyl (C=O) groups excluding carboxylic acids is 1. The third kappa shape index (κ3) is 4.60. The van der Waals surface area contributed by atoms with Gasteiger partial charge in [-0.2, -0.15) is 5.26 Å². The highest BCUT2D eigenvalue weighted by Gasteiger charge is 2.12. The maximum absolute atomic E-state index is 12.2. The summed E-state index contributed by atoms with van der Waals surface area (Å²) in [4.78, 5) is 12.2. The molecule has 0 aliphatic carbocycles. The van der Waals surface area contributed by atoms with Crippen molar-refractivity contribution in [3.05, 3.63) is 61.5 Å². The highest BCUT2D eigenvalue weighted by atomic mass is 79.9. The van der Waals surface area contributed by atoms with E-state index in [0.717, 1.165) is 4.47 Å². The molecular weight excluding hydrogens is 459 g/mol. The van der Waals surface area contributed by atoms with E-state index in [1.165, 1.54) is 13.2 Å². The van der Waals surface area contributed by atoms with Crippen molar-refractivity contribution < 1.29 is 9.53 Å². The highest BCUT2D eigenvalue weighted by Crippen LogP contribution is 2.34. The number of methoxy groups -OCH3 is 1. The molecule has 0 aromatic heterocycles. The number of hydrogen-bond donors (Lipinski definition) is 1. The third-order valence-corrected chi connectivity index (χ3v) is 4.40. The Morgan fingerprint density at radius 3 is 2.50 bits per heavy atom. The van der Waals surface area contributed by atoms with Crippen LogP contribution < -0.4 is 10.1 Å². The standard InChI is InChI=1S/C17H11Br2ClN2O2/c1-24-16-14(19)7-10(8-15(16)20)6-11(9-21)17(23)22-13-4-2-12(18)3-5-13/h2-8H,1H3,(H,22,23)/b11-6-. The van der Waals surface area contributed by atoms with Gasteiger partial charge in [0.25, 0.3) is 5.91 Å². The number of anilines is 1. The molecule has 0 saturated carbocycles. The molecule has 122 valence electrons. The van der Waals surface area contributed by atoms with Crippen LogP contribution >= 0.6 is 43.5 Å². The first kappa shape index (κ1) is 18.5. The molecule has 7 heteroatoms. The Morgan fingerprint density at radius 1 is 1.29 bits per heavy atom. The number of nitrogens with zero attached hydrogens (tertiary/aromatic N) is 1. The van der Waals surface area contributed by atoms with Crippen molar-refractivity contribution >= 4 is 61.1 Å². The fraction of sp³-hybridized carbons (Fsp3) is 0.0588. The second-order valence-corrected chi connectivity index (χ2v) is 6.83. The van der Waals surface area contributed by atoms with Gasteiger partial charge in [-0.25, -0.2) is 0 Å². The maximum Gasteiger partial charge on any atom is 0.266 e. The molecule has 0 spiro atoms. The normalized spacial score (nSPS) is 10.9. The van der Waals surface area contributed by atoms with E-state index in [4.69, 9.17) is 16.3 Å². The maximum atomic E-state index is 12.2. The lowest BCUT2D eigenvalue weighted by Gasteiger charge is -2.08. The van der Waals surface area contributed by atoms with Crippen LogP contribution in [-0.2, 0) is 4.79 Å². The van der Waals surface area contributed by atoms with Gasteiger partial charge in [-0.1, -0.05) is 27.5 Å². The molecule has 0 aliphatic heterocycles. The first-order valence-corrected chi connectivity index (χ1v) is 8.62. The van der Waals surface area contributed by atoms with Gasteiger partial charge in [0.2, 0.25) is 0 Å². The lowest BCUT2D eigenvalue weighted by Crippen LogP contribution is -2.13. The largest absolute Gasteiger partial charge is 0.494 e. The molecule has 2 rings (SSSR count). The summed E-state index contributed by atoms with van der Waals surface area (Å²) >= 11 is 12.8. The van der Waals surface area contributed by atoms with E-state index in [0.29, 0.717) is 26.5 Å². The SMILES string of the molecule is COc1c(Cl)cc(/C=C(/C#N)C(=O)Nc2ccc(Br)cc2)cc1Br. The quantitative estimate of drug-likeness (QED) is 0.480. The van der Waals surface area contributed by atoms with Crippen LogP contribution in [0.2, 0.25) is 5.02 Å². The summed E-state index contributed by atoms with van der Waals surface area (Å²) in [5.41, 5.74) is 1.17. The molecule has 0 fully saturated rings. The van der Waals surface area contributed by atoms with Crippen LogP contribution in [0.5, 0.6) is 5.75 Å². The van der Waals surface area contributed by atoms with Gasteiger partial charge in [0.05, 0.1) is 16.6 Å². The highest BCUT2D eigenvalue weighted by molar-refractivity contribution is 9.10. The van der Waals surface area contributed by atoms with E-state index in [2.05, 4.69) is 37.2 Å². The van der Waals surface area contributed by atoms with E-state index in [1.54, 1.807) is 36.4 Å². The summed E-state index contributed by atoms with van der Waals surface area (Å²) in [6.45, 7) is 0. The lowest BCUT2D eigenvalue weighted by atomic mass is 10.1. The average Bonchev–Trinajstić information content (AvgIpc) is 2.54. The number of amides is 1. The smallest absolute Gasteiger partial charge is 0.266 e. The fourth-order valence-electron chi connectivity index (χ4n) is 1.90. The minimum atomic E-state index is -0.497. The minimum absolute atomic E-state index is 0.0361. The molecule has 0 saturated heterocycles. The molecule has 0 unspecified atom stereocenters. The number of nitrogens with one attached hydrogen (secondary N) is 1. The Balaban J connectivity index is 2.27. The van der Waals surface area contributed by atoms with E-state index in [9.17, 15) is 10.1 Å². The van der Waals surface area contributed by atoms with Gasteiger partial charge in [0.1, 0.15) is 11.6 Å². The summed E-state index contributed by atoms with van der Waals surface area (Å²) in [5, 5.41) is 12.3. The molecule has 1 amide bonds. The molecule has 1 N–H and O–H groups in total. The summed E-state index contributed by atoms with van der Waals surface area (Å²) < 4.78 is 6.68. The van der Waals surface area contributed by atoms with Crippen molar-refractivity contribution in [2.24, 2.45) is 0 Å². The fourth-order valence-corrected chi connectivity index (χ4v) is 3.23. The molecule has 0 atom stereocenters. The number of benzene rings is 2. The van der Waals surface area contributed by atoms with Crippen LogP contribution in [0.25, 0.3) is 6.08 Å². The molecular formula is C17H11Br2ClN2O2. The van der Waals surface area contributed by atoms with Gasteiger partial charge >= 0.3 is 0 Å². The number of rotatable bonds is 4. The Morgan fingerprint density at radius 2 is 1.96 bits per heavy atom. The molecule has 4 nitrogen and oxygen atoms in total. The second-order valence-electron chi connectivity index (χ2n) is 4.65. The van der Waals surface area contributed by atoms with Crippen LogP contribution in [0.15, 0.2) is 50.9 Å². The summed E-state index contributed by atoms with van der Waals surface area (Å²) in [6.07, 6.45) is 1.46. The van der Waals surface area contributed by atoms with Crippen LogP contribution in [-0.4, -0.2) is 13.0 Å². The van der Waals surface area contributed by atoms with Gasteiger partial charge in [0, 0.05) is 10.2 Å². The third-order valence-electron chi connectivity index (χ3n) is 3.00. The van der Waals surface area contributed by atoms with Crippen molar-refractivity contribution in [1.29, 1.82) is 5.26 Å². The molecule has 0 aliphatic rings. The number of ether oxygens (including phenoxy) is 1. The molecule has 0 heterocycles. The van der Waals surface area contributed by atoms with E-state index in [-0.39, 0.29) is 5.57 Å². The lowest BCUT2D eigenvalue weighted by molar-refractivity contribution is -0.112. The molecule has 2 aromatic carbocycles. The van der Waals surface area contributed by atoms with Gasteiger partial charge in [-0.05, 0) is 64.0 Å². The first-order valence-electron chi connectivity index (χ1n) is 6.66. The van der Waals surface area contributed by atoms with Crippen LogP contribution in [0.3, 0.4) is 0 Å². The van der Waals surface area contributed by atoms with E-state index >= 15 is 0 Å². The zero-order valence-electron chi connectivity index (χ0n) is 12.4. The predicted octanol–water partition coefficient (Wildman–Crippen LogP) is 5.42. The van der Waals surface area contributed by atoms with Crippen molar-refractivity contribution in [3.8, 4) is 11.8 Å². The minimum Gasteiger partial charge on any atom is -0.494 e. The van der Waals surface area contributed by atoms with Crippen molar-refractivity contribution in [2.75, 3.05) is 12.4 Å². The molecule has 2 aromatic rings. The zero-order chi connectivity index (χ0) is 17.7. The Kier molecular flexibility index (Phi) is 6.44. The van der Waals surface area contributed by atoms with E-state index in [1.807, 2.05) is 6.07 Å². The molecule has 24 heavy (non-hydrogen) atoms. The average molecular weight is 471 g/mol. The second kappa shape index (κ2) is 8.34. The molecule has 0 radical (unpaired) electrons. The van der Waals surface area contributed by atoms with Gasteiger partial charge in [0.15, 0.2) is 5.75 Å².